The van der Waals surface area contributed by atoms with Crippen molar-refractivity contribution < 1.29 is 9.53 Å². The molecule has 0 N–H and O–H groups in total. The molecule has 1 aromatic heterocycles. The number of thiazole rings is 1. The van der Waals surface area contributed by atoms with Crippen LogP contribution in [0.5, 0.6) is 5.75 Å². The molecule has 2 aromatic carbocycles. The normalized spacial score (nSPS) is 10.2. The zero-order valence-electron chi connectivity index (χ0n) is 13.8. The highest BCUT2D eigenvalue weighted by atomic mass is 35.5. The van der Waals surface area contributed by atoms with Crippen LogP contribution in [0.15, 0.2) is 53.9 Å². The predicted molar refractivity (Wildman–Crippen MR) is 102 cm³/mol. The van der Waals surface area contributed by atoms with Crippen molar-refractivity contribution in [1.82, 2.24) is 4.98 Å². The van der Waals surface area contributed by atoms with E-state index in [1.807, 2.05) is 5.38 Å². The number of anilines is 2. The Hall–Kier alpha value is -2.88. The first kappa shape index (κ1) is 17.9. The van der Waals surface area contributed by atoms with Crippen LogP contribution < -0.4 is 9.64 Å². The first-order valence-corrected chi connectivity index (χ1v) is 8.97. The van der Waals surface area contributed by atoms with Crippen molar-refractivity contribution in [3.05, 3.63) is 70.2 Å². The van der Waals surface area contributed by atoms with Gasteiger partial charge in [-0.15, -0.1) is 11.3 Å². The molecule has 130 valence electrons. The Bertz CT molecular complexity index is 981. The maximum Gasteiger partial charge on any atom is 0.230 e. The molecule has 0 aliphatic carbocycles. The van der Waals surface area contributed by atoms with E-state index in [1.54, 1.807) is 48.5 Å². The van der Waals surface area contributed by atoms with Gasteiger partial charge in [-0.1, -0.05) is 29.8 Å². The average Bonchev–Trinajstić information content (AvgIpc) is 3.08. The molecule has 0 aliphatic rings. The van der Waals surface area contributed by atoms with Crippen LogP contribution in [0.4, 0.5) is 10.8 Å². The van der Waals surface area contributed by atoms with Gasteiger partial charge in [-0.05, 0) is 30.3 Å². The van der Waals surface area contributed by atoms with E-state index in [1.165, 1.54) is 23.2 Å². The summed E-state index contributed by atoms with van der Waals surface area (Å²) in [7, 11) is 0. The van der Waals surface area contributed by atoms with Crippen molar-refractivity contribution in [3.63, 3.8) is 0 Å². The van der Waals surface area contributed by atoms with Crippen molar-refractivity contribution in [2.75, 3.05) is 4.90 Å². The van der Waals surface area contributed by atoms with E-state index in [4.69, 9.17) is 21.6 Å². The number of ether oxygens (including phenoxy) is 1. The minimum absolute atomic E-state index is 0.163. The number of nitriles is 1. The minimum Gasteiger partial charge on any atom is -0.486 e. The lowest BCUT2D eigenvalue weighted by atomic mass is 10.2. The fourth-order valence-corrected chi connectivity index (χ4v) is 3.40. The molecular formula is C19H14ClN3O2S. The number of para-hydroxylation sites is 1. The van der Waals surface area contributed by atoms with Crippen LogP contribution >= 0.6 is 22.9 Å². The van der Waals surface area contributed by atoms with Gasteiger partial charge in [0.15, 0.2) is 5.13 Å². The molecule has 1 heterocycles. The first-order valence-electron chi connectivity index (χ1n) is 7.71. The van der Waals surface area contributed by atoms with E-state index in [0.717, 1.165) is 0 Å². The Morgan fingerprint density at radius 3 is 2.85 bits per heavy atom. The molecule has 0 radical (unpaired) electrons. The largest absolute Gasteiger partial charge is 0.486 e. The van der Waals surface area contributed by atoms with Crippen molar-refractivity contribution in [3.8, 4) is 11.8 Å². The summed E-state index contributed by atoms with van der Waals surface area (Å²) in [4.78, 5) is 18.1. The Kier molecular flexibility index (Phi) is 5.52. The van der Waals surface area contributed by atoms with Crippen LogP contribution in [0.1, 0.15) is 18.2 Å². The second-order valence-corrected chi connectivity index (χ2v) is 6.63. The molecule has 0 bridgehead atoms. The standard InChI is InChI=1S/C19H14ClN3O2S/c1-13(24)23(17-7-4-6-15(20)9-17)19-22-16(12-26-19)11-25-18-8-3-2-5-14(18)10-21/h2-9,12H,11H2,1H3. The number of aromatic nitrogens is 1. The van der Waals surface area contributed by atoms with Gasteiger partial charge in [0, 0.05) is 17.3 Å². The van der Waals surface area contributed by atoms with Gasteiger partial charge in [-0.2, -0.15) is 5.26 Å². The van der Waals surface area contributed by atoms with Crippen LogP contribution in [0.25, 0.3) is 0 Å². The molecule has 26 heavy (non-hydrogen) atoms. The second kappa shape index (κ2) is 8.00. The van der Waals surface area contributed by atoms with Crippen LogP contribution in [0.3, 0.4) is 0 Å². The summed E-state index contributed by atoms with van der Waals surface area (Å²) < 4.78 is 5.69. The van der Waals surface area contributed by atoms with E-state index in [2.05, 4.69) is 11.1 Å². The molecule has 5 nitrogen and oxygen atoms in total. The molecule has 7 heteroatoms. The van der Waals surface area contributed by atoms with Gasteiger partial charge in [-0.25, -0.2) is 4.98 Å². The SMILES string of the molecule is CC(=O)N(c1cccc(Cl)c1)c1nc(COc2ccccc2C#N)cs1. The van der Waals surface area contributed by atoms with Crippen molar-refractivity contribution in [1.29, 1.82) is 5.26 Å². The first-order chi connectivity index (χ1) is 12.6. The van der Waals surface area contributed by atoms with E-state index in [-0.39, 0.29) is 12.5 Å². The highest BCUT2D eigenvalue weighted by Gasteiger charge is 2.18. The Balaban J connectivity index is 1.80. The van der Waals surface area contributed by atoms with Crippen LogP contribution in [-0.2, 0) is 11.4 Å². The van der Waals surface area contributed by atoms with Gasteiger partial charge in [-0.3, -0.25) is 9.69 Å². The summed E-state index contributed by atoms with van der Waals surface area (Å²) in [6, 6.07) is 16.1. The zero-order chi connectivity index (χ0) is 18.5. The van der Waals surface area contributed by atoms with Crippen LogP contribution in [0.2, 0.25) is 5.02 Å². The number of carbonyl (C=O) groups excluding carboxylic acids is 1. The molecule has 0 saturated heterocycles. The molecule has 1 amide bonds. The van der Waals surface area contributed by atoms with E-state index >= 15 is 0 Å². The molecule has 0 saturated carbocycles. The summed E-state index contributed by atoms with van der Waals surface area (Å²) in [5.41, 5.74) is 1.79. The molecule has 0 atom stereocenters. The lowest BCUT2D eigenvalue weighted by Crippen LogP contribution is -2.22. The van der Waals surface area contributed by atoms with Gasteiger partial charge < -0.3 is 4.74 Å². The second-order valence-electron chi connectivity index (χ2n) is 5.35. The third-order valence-electron chi connectivity index (χ3n) is 3.50. The minimum atomic E-state index is -0.163. The van der Waals surface area contributed by atoms with Crippen LogP contribution in [0, 0.1) is 11.3 Å². The Labute approximate surface area is 160 Å². The molecule has 0 fully saturated rings. The predicted octanol–water partition coefficient (Wildman–Crippen LogP) is 4.93. The number of halogens is 1. The molecule has 0 unspecified atom stereocenters. The molecule has 0 aliphatic heterocycles. The summed E-state index contributed by atoms with van der Waals surface area (Å²) in [6.45, 7) is 1.68. The molecule has 3 rings (SSSR count). The zero-order valence-corrected chi connectivity index (χ0v) is 15.4. The van der Waals surface area contributed by atoms with Gasteiger partial charge >= 0.3 is 0 Å². The van der Waals surface area contributed by atoms with Crippen LogP contribution in [-0.4, -0.2) is 10.9 Å². The van der Waals surface area contributed by atoms with E-state index < -0.39 is 0 Å². The average molecular weight is 384 g/mol. The smallest absolute Gasteiger partial charge is 0.230 e. The van der Waals surface area contributed by atoms with Crippen molar-refractivity contribution >= 4 is 39.7 Å². The number of benzene rings is 2. The lowest BCUT2D eigenvalue weighted by molar-refractivity contribution is -0.115. The molecule has 0 spiro atoms. The number of rotatable bonds is 5. The highest BCUT2D eigenvalue weighted by Crippen LogP contribution is 2.30. The fraction of sp³-hybridized carbons (Fsp3) is 0.105. The van der Waals surface area contributed by atoms with Crippen molar-refractivity contribution in [2.45, 2.75) is 13.5 Å². The summed E-state index contributed by atoms with van der Waals surface area (Å²) in [5.74, 6) is 0.340. The number of carbonyl (C=O) groups is 1. The van der Waals surface area contributed by atoms with Gasteiger partial charge in [0.25, 0.3) is 0 Å². The van der Waals surface area contributed by atoms with Gasteiger partial charge in [0.2, 0.25) is 5.91 Å². The number of hydrogen-bond donors (Lipinski definition) is 0. The number of hydrogen-bond acceptors (Lipinski definition) is 5. The Morgan fingerprint density at radius 1 is 1.31 bits per heavy atom. The van der Waals surface area contributed by atoms with Crippen molar-refractivity contribution in [2.24, 2.45) is 0 Å². The third kappa shape index (κ3) is 4.02. The van der Waals surface area contributed by atoms with Gasteiger partial charge in [0.1, 0.15) is 18.4 Å². The lowest BCUT2D eigenvalue weighted by Gasteiger charge is -2.18. The fourth-order valence-electron chi connectivity index (χ4n) is 2.34. The van der Waals surface area contributed by atoms with E-state index in [0.29, 0.717) is 32.8 Å². The quantitative estimate of drug-likeness (QED) is 0.626. The van der Waals surface area contributed by atoms with E-state index in [9.17, 15) is 4.79 Å². The summed E-state index contributed by atoms with van der Waals surface area (Å²) in [6.07, 6.45) is 0. The Morgan fingerprint density at radius 2 is 2.12 bits per heavy atom. The topological polar surface area (TPSA) is 66.2 Å². The summed E-state index contributed by atoms with van der Waals surface area (Å²) in [5, 5.41) is 12.0. The highest BCUT2D eigenvalue weighted by molar-refractivity contribution is 7.14. The molecule has 3 aromatic rings. The maximum absolute atomic E-state index is 12.1. The third-order valence-corrected chi connectivity index (χ3v) is 4.60. The van der Waals surface area contributed by atoms with Gasteiger partial charge in [0.05, 0.1) is 16.9 Å². The number of nitrogens with zero attached hydrogens (tertiary/aromatic N) is 3. The summed E-state index contributed by atoms with van der Waals surface area (Å²) >= 11 is 7.37. The number of amides is 1. The monoisotopic (exact) mass is 383 g/mol. The molecular weight excluding hydrogens is 370 g/mol. The maximum atomic E-state index is 12.1.